The number of H-pyrrole nitrogens is 1. The van der Waals surface area contributed by atoms with Crippen LogP contribution in [-0.2, 0) is 19.6 Å². The predicted molar refractivity (Wildman–Crippen MR) is 123 cm³/mol. The molecule has 0 aliphatic carbocycles. The van der Waals surface area contributed by atoms with Gasteiger partial charge in [-0.25, -0.2) is 23.3 Å². The second-order valence-corrected chi connectivity index (χ2v) is 8.94. The summed E-state index contributed by atoms with van der Waals surface area (Å²) < 4.78 is 27.6. The minimum absolute atomic E-state index is 0.0772. The van der Waals surface area contributed by atoms with E-state index in [0.717, 1.165) is 11.1 Å². The highest BCUT2D eigenvalue weighted by molar-refractivity contribution is 7.89. The largest absolute Gasteiger partial charge is 0.452 e. The number of rotatable bonds is 6. The van der Waals surface area contributed by atoms with Gasteiger partial charge in [-0.3, -0.25) is 4.79 Å². The number of carbonyl (C=O) groups excluding carboxylic acids is 2. The smallest absolute Gasteiger partial charge is 0.338 e. The maximum atomic E-state index is 12.4. The van der Waals surface area contributed by atoms with Crippen molar-refractivity contribution in [3.05, 3.63) is 77.9 Å². The number of carbonyl (C=O) groups is 2. The number of primary sulfonamides is 1. The standard InChI is InChI=1S/C23H20N4O5S/c1-14-2-4-15(5-3-14)22-26-19-11-6-16(12-20(19)27-22)23(29)32-13-21(28)25-17-7-9-18(10-8-17)33(24,30)31/h2-12H,13H2,1H3,(H,25,28)(H,26,27)(H2,24,30,31). The number of fused-ring (bicyclic) bond motifs is 1. The highest BCUT2D eigenvalue weighted by atomic mass is 32.2. The number of anilines is 1. The molecule has 1 aromatic heterocycles. The maximum absolute atomic E-state index is 12.4. The fourth-order valence-electron chi connectivity index (χ4n) is 3.12. The van der Waals surface area contributed by atoms with Crippen LogP contribution in [0.2, 0.25) is 0 Å². The van der Waals surface area contributed by atoms with Gasteiger partial charge in [-0.2, -0.15) is 0 Å². The van der Waals surface area contributed by atoms with Gasteiger partial charge in [-0.05, 0) is 49.4 Å². The van der Waals surface area contributed by atoms with Crippen LogP contribution >= 0.6 is 0 Å². The number of sulfonamides is 1. The summed E-state index contributed by atoms with van der Waals surface area (Å²) in [6.07, 6.45) is 0. The summed E-state index contributed by atoms with van der Waals surface area (Å²) in [6, 6.07) is 18.1. The van der Waals surface area contributed by atoms with Gasteiger partial charge in [0.1, 0.15) is 5.82 Å². The highest BCUT2D eigenvalue weighted by Crippen LogP contribution is 2.22. The number of nitrogens with one attached hydrogen (secondary N) is 2. The lowest BCUT2D eigenvalue weighted by Gasteiger charge is -2.07. The van der Waals surface area contributed by atoms with E-state index < -0.39 is 28.5 Å². The Balaban J connectivity index is 1.39. The van der Waals surface area contributed by atoms with E-state index in [1.165, 1.54) is 24.3 Å². The van der Waals surface area contributed by atoms with E-state index in [4.69, 9.17) is 9.88 Å². The number of aromatic amines is 1. The number of hydrogen-bond donors (Lipinski definition) is 3. The number of benzene rings is 3. The lowest BCUT2D eigenvalue weighted by atomic mass is 10.1. The van der Waals surface area contributed by atoms with Crippen molar-refractivity contribution >= 4 is 38.6 Å². The predicted octanol–water partition coefficient (Wildman–Crippen LogP) is 2.98. The first-order valence-electron chi connectivity index (χ1n) is 9.86. The van der Waals surface area contributed by atoms with Crippen LogP contribution in [0.1, 0.15) is 15.9 Å². The number of amides is 1. The van der Waals surface area contributed by atoms with Gasteiger partial charge in [0.2, 0.25) is 10.0 Å². The molecule has 0 unspecified atom stereocenters. The van der Waals surface area contributed by atoms with Gasteiger partial charge in [0.15, 0.2) is 6.61 Å². The molecular formula is C23H20N4O5S. The second kappa shape index (κ2) is 8.85. The van der Waals surface area contributed by atoms with E-state index >= 15 is 0 Å². The van der Waals surface area contributed by atoms with Crippen molar-refractivity contribution in [2.24, 2.45) is 5.14 Å². The zero-order chi connectivity index (χ0) is 23.6. The lowest BCUT2D eigenvalue weighted by Crippen LogP contribution is -2.21. The summed E-state index contributed by atoms with van der Waals surface area (Å²) in [5, 5.41) is 7.55. The van der Waals surface area contributed by atoms with Crippen molar-refractivity contribution in [2.45, 2.75) is 11.8 Å². The van der Waals surface area contributed by atoms with Crippen molar-refractivity contribution in [1.29, 1.82) is 0 Å². The van der Waals surface area contributed by atoms with E-state index in [1.54, 1.807) is 18.2 Å². The zero-order valence-corrected chi connectivity index (χ0v) is 18.3. The molecule has 1 amide bonds. The van der Waals surface area contributed by atoms with Crippen molar-refractivity contribution in [2.75, 3.05) is 11.9 Å². The average Bonchev–Trinajstić information content (AvgIpc) is 3.21. The number of nitrogens with zero attached hydrogens (tertiary/aromatic N) is 1. The van der Waals surface area contributed by atoms with Gasteiger partial charge in [0, 0.05) is 11.3 Å². The number of esters is 1. The van der Waals surface area contributed by atoms with Crippen LogP contribution in [0.3, 0.4) is 0 Å². The third-order valence-electron chi connectivity index (χ3n) is 4.84. The minimum atomic E-state index is -3.82. The van der Waals surface area contributed by atoms with Crippen LogP contribution in [-0.4, -0.2) is 36.9 Å². The van der Waals surface area contributed by atoms with E-state index in [0.29, 0.717) is 22.5 Å². The van der Waals surface area contributed by atoms with Gasteiger partial charge >= 0.3 is 5.97 Å². The van der Waals surface area contributed by atoms with Crippen LogP contribution in [0.15, 0.2) is 71.6 Å². The SMILES string of the molecule is Cc1ccc(-c2nc3ccc(C(=O)OCC(=O)Nc4ccc(S(N)(=O)=O)cc4)cc3[nH]2)cc1. The molecule has 9 nitrogen and oxygen atoms in total. The molecule has 168 valence electrons. The molecular weight excluding hydrogens is 444 g/mol. The Morgan fingerprint density at radius 3 is 2.39 bits per heavy atom. The molecule has 1 heterocycles. The second-order valence-electron chi connectivity index (χ2n) is 7.38. The number of aromatic nitrogens is 2. The molecule has 0 aliphatic heterocycles. The fourth-order valence-corrected chi connectivity index (χ4v) is 3.64. The fraction of sp³-hybridized carbons (Fsp3) is 0.0870. The van der Waals surface area contributed by atoms with E-state index in [1.807, 2.05) is 31.2 Å². The Labute approximate surface area is 189 Å². The Bertz CT molecular complexity index is 1440. The summed E-state index contributed by atoms with van der Waals surface area (Å²) >= 11 is 0. The van der Waals surface area contributed by atoms with E-state index in [9.17, 15) is 18.0 Å². The molecule has 0 fully saturated rings. The lowest BCUT2D eigenvalue weighted by molar-refractivity contribution is -0.119. The molecule has 0 spiro atoms. The first kappa shape index (κ1) is 22.2. The number of nitrogens with two attached hydrogens (primary N) is 1. The van der Waals surface area contributed by atoms with Crippen LogP contribution in [0, 0.1) is 6.92 Å². The van der Waals surface area contributed by atoms with Crippen LogP contribution in [0.5, 0.6) is 0 Å². The Hall–Kier alpha value is -4.02. The van der Waals surface area contributed by atoms with Crippen LogP contribution in [0.25, 0.3) is 22.4 Å². The molecule has 4 rings (SSSR count). The summed E-state index contributed by atoms with van der Waals surface area (Å²) in [5.41, 5.74) is 4.04. The molecule has 33 heavy (non-hydrogen) atoms. The third kappa shape index (κ3) is 5.25. The Morgan fingerprint density at radius 1 is 1.03 bits per heavy atom. The molecule has 10 heteroatoms. The third-order valence-corrected chi connectivity index (χ3v) is 5.77. The van der Waals surface area contributed by atoms with E-state index in [2.05, 4.69) is 15.3 Å². The molecule has 0 saturated carbocycles. The molecule has 0 saturated heterocycles. The minimum Gasteiger partial charge on any atom is -0.452 e. The summed E-state index contributed by atoms with van der Waals surface area (Å²) in [5.74, 6) is -0.553. The Kier molecular flexibility index (Phi) is 5.95. The molecule has 0 aliphatic rings. The topological polar surface area (TPSA) is 144 Å². The van der Waals surface area contributed by atoms with Crippen LogP contribution in [0.4, 0.5) is 5.69 Å². The van der Waals surface area contributed by atoms with Gasteiger partial charge in [0.25, 0.3) is 5.91 Å². The monoisotopic (exact) mass is 464 g/mol. The molecule has 0 radical (unpaired) electrons. The Morgan fingerprint density at radius 2 is 1.73 bits per heavy atom. The number of ether oxygens (including phenoxy) is 1. The zero-order valence-electron chi connectivity index (χ0n) is 17.5. The van der Waals surface area contributed by atoms with Crippen molar-refractivity contribution in [1.82, 2.24) is 9.97 Å². The molecule has 4 aromatic rings. The quantitative estimate of drug-likeness (QED) is 0.374. The summed E-state index contributed by atoms with van der Waals surface area (Å²) in [4.78, 5) is 32.1. The van der Waals surface area contributed by atoms with Crippen molar-refractivity contribution in [3.63, 3.8) is 0 Å². The van der Waals surface area contributed by atoms with Gasteiger partial charge in [0.05, 0.1) is 21.5 Å². The number of aryl methyl sites for hydroxylation is 1. The van der Waals surface area contributed by atoms with E-state index in [-0.39, 0.29) is 10.5 Å². The normalized spacial score (nSPS) is 11.3. The first-order valence-corrected chi connectivity index (χ1v) is 11.4. The summed E-state index contributed by atoms with van der Waals surface area (Å²) in [6.45, 7) is 1.50. The van der Waals surface area contributed by atoms with Gasteiger partial charge in [-0.1, -0.05) is 29.8 Å². The van der Waals surface area contributed by atoms with Crippen molar-refractivity contribution < 1.29 is 22.7 Å². The molecule has 4 N–H and O–H groups in total. The molecule has 0 atom stereocenters. The van der Waals surface area contributed by atoms with Gasteiger partial charge < -0.3 is 15.0 Å². The van der Waals surface area contributed by atoms with Crippen molar-refractivity contribution in [3.8, 4) is 11.4 Å². The van der Waals surface area contributed by atoms with Gasteiger partial charge in [-0.15, -0.1) is 0 Å². The molecule has 3 aromatic carbocycles. The highest BCUT2D eigenvalue weighted by Gasteiger charge is 2.14. The number of hydrogen-bond acceptors (Lipinski definition) is 6. The average molecular weight is 465 g/mol. The van der Waals surface area contributed by atoms with Crippen LogP contribution < -0.4 is 10.5 Å². The first-order chi connectivity index (χ1) is 15.7. The molecule has 0 bridgehead atoms. The maximum Gasteiger partial charge on any atom is 0.338 e. The summed E-state index contributed by atoms with van der Waals surface area (Å²) in [7, 11) is -3.82. The number of imidazole rings is 1.